The van der Waals surface area contributed by atoms with Crippen molar-refractivity contribution in [2.75, 3.05) is 13.2 Å². The third kappa shape index (κ3) is 4.48. The number of likely N-dealkylation sites (tertiary alicyclic amines) is 1. The summed E-state index contributed by atoms with van der Waals surface area (Å²) in [5, 5.41) is 2.59. The van der Waals surface area contributed by atoms with Gasteiger partial charge in [0, 0.05) is 29.4 Å². The summed E-state index contributed by atoms with van der Waals surface area (Å²) < 4.78 is 5.54. The number of amides is 2. The fraction of sp³-hybridized carbons (Fsp3) is 0.542. The van der Waals surface area contributed by atoms with Crippen molar-refractivity contribution in [1.82, 2.24) is 20.2 Å². The number of halogens is 1. The lowest BCUT2D eigenvalue weighted by atomic mass is 9.83. The maximum absolute atomic E-state index is 13.7. The molecular formula is C24H27ClN4O4S. The number of hydrogen-bond acceptors (Lipinski definition) is 7. The molecule has 1 N–H and O–H groups in total. The molecule has 0 bridgehead atoms. The number of ketones is 1. The number of hydrogen-bond donors (Lipinski definition) is 1. The predicted octanol–water partition coefficient (Wildman–Crippen LogP) is 2.98. The van der Waals surface area contributed by atoms with Crippen molar-refractivity contribution >= 4 is 40.5 Å². The molecule has 3 aliphatic rings. The third-order valence-corrected chi connectivity index (χ3v) is 8.49. The molecular weight excluding hydrogens is 476 g/mol. The number of aryl methyl sites for hydroxylation is 1. The highest BCUT2D eigenvalue weighted by Gasteiger charge is 2.53. The summed E-state index contributed by atoms with van der Waals surface area (Å²) in [5.41, 5.74) is 0.838. The van der Waals surface area contributed by atoms with Crippen molar-refractivity contribution in [2.45, 2.75) is 62.6 Å². The van der Waals surface area contributed by atoms with Crippen molar-refractivity contribution in [3.63, 3.8) is 0 Å². The molecule has 0 radical (unpaired) electrons. The molecule has 2 aromatic rings. The summed E-state index contributed by atoms with van der Waals surface area (Å²) in [6.45, 7) is 2.04. The van der Waals surface area contributed by atoms with Crippen LogP contribution in [0.2, 0.25) is 0 Å². The first kappa shape index (κ1) is 23.4. The SMILES string of the molecule is Cc1ncc(-c2ccc(C(=O)NC(C(=O)N3C[C@H](Cl)[C@H]4OCC(=O)[C@H]43)C3CCCCC3)s2)cn1. The molecule has 0 spiro atoms. The number of alkyl halides is 1. The van der Waals surface area contributed by atoms with Gasteiger partial charge >= 0.3 is 0 Å². The van der Waals surface area contributed by atoms with E-state index in [2.05, 4.69) is 15.3 Å². The molecule has 34 heavy (non-hydrogen) atoms. The van der Waals surface area contributed by atoms with Gasteiger partial charge in [0.1, 0.15) is 30.6 Å². The van der Waals surface area contributed by atoms with Gasteiger partial charge in [-0.1, -0.05) is 19.3 Å². The summed E-state index contributed by atoms with van der Waals surface area (Å²) in [6, 6.07) is 2.26. The minimum atomic E-state index is -0.697. The fourth-order valence-electron chi connectivity index (χ4n) is 5.20. The van der Waals surface area contributed by atoms with Crippen LogP contribution >= 0.6 is 22.9 Å². The number of ether oxygens (including phenoxy) is 1. The van der Waals surface area contributed by atoms with E-state index >= 15 is 0 Å². The second-order valence-corrected chi connectivity index (χ2v) is 10.9. The molecule has 2 aliphatic heterocycles. The molecule has 2 amide bonds. The predicted molar refractivity (Wildman–Crippen MR) is 128 cm³/mol. The van der Waals surface area contributed by atoms with Crippen LogP contribution in [0.1, 0.15) is 47.6 Å². The molecule has 1 saturated carbocycles. The molecule has 8 nitrogen and oxygen atoms in total. The third-order valence-electron chi connectivity index (χ3n) is 6.97. The van der Waals surface area contributed by atoms with Gasteiger partial charge in [-0.05, 0) is 37.8 Å². The van der Waals surface area contributed by atoms with Crippen LogP contribution in [0.3, 0.4) is 0 Å². The first-order valence-corrected chi connectivity index (χ1v) is 13.0. The first-order chi connectivity index (χ1) is 16.4. The second-order valence-electron chi connectivity index (χ2n) is 9.23. The van der Waals surface area contributed by atoms with E-state index in [0.29, 0.717) is 10.7 Å². The number of fused-ring (bicyclic) bond motifs is 1. The van der Waals surface area contributed by atoms with Crippen LogP contribution in [0, 0.1) is 12.8 Å². The Morgan fingerprint density at radius 2 is 1.94 bits per heavy atom. The summed E-state index contributed by atoms with van der Waals surface area (Å²) in [6.07, 6.45) is 7.89. The topological polar surface area (TPSA) is 101 Å². The Morgan fingerprint density at radius 1 is 1.21 bits per heavy atom. The highest BCUT2D eigenvalue weighted by atomic mass is 35.5. The Hall–Kier alpha value is -2.36. The number of aromatic nitrogens is 2. The second kappa shape index (κ2) is 9.71. The van der Waals surface area contributed by atoms with Gasteiger partial charge in [-0.25, -0.2) is 9.97 Å². The number of thiophene rings is 1. The standard InChI is InChI=1S/C24H27ClN4O4S/c1-13-26-9-15(10-27-13)18-7-8-19(34-18)23(31)28-20(14-5-3-2-4-6-14)24(32)29-11-16(25)22-21(29)17(30)12-33-22/h7-10,14,16,20-22H,2-6,11-12H2,1H3,(H,28,31)/t16-,20?,21+,22+/m0/s1. The minimum absolute atomic E-state index is 0.0243. The smallest absolute Gasteiger partial charge is 0.262 e. The molecule has 0 aromatic carbocycles. The van der Waals surface area contributed by atoms with E-state index in [4.69, 9.17) is 16.3 Å². The molecule has 4 atom stereocenters. The molecule has 1 aliphatic carbocycles. The zero-order valence-electron chi connectivity index (χ0n) is 18.9. The Bertz CT molecular complexity index is 1080. The number of carbonyl (C=O) groups is 3. The van der Waals surface area contributed by atoms with Gasteiger partial charge < -0.3 is 15.0 Å². The monoisotopic (exact) mass is 502 g/mol. The summed E-state index contributed by atoms with van der Waals surface area (Å²) in [7, 11) is 0. The average Bonchev–Trinajstić information content (AvgIpc) is 3.56. The van der Waals surface area contributed by atoms with E-state index in [0.717, 1.165) is 42.5 Å². The molecule has 2 saturated heterocycles. The van der Waals surface area contributed by atoms with E-state index in [1.54, 1.807) is 23.4 Å². The van der Waals surface area contributed by atoms with Crippen LogP contribution in [-0.4, -0.2) is 69.2 Å². The lowest BCUT2D eigenvalue weighted by Gasteiger charge is -2.34. The zero-order chi connectivity index (χ0) is 23.8. The summed E-state index contributed by atoms with van der Waals surface area (Å²) in [5.74, 6) is 0.0572. The molecule has 10 heteroatoms. The van der Waals surface area contributed by atoms with Crippen molar-refractivity contribution < 1.29 is 19.1 Å². The van der Waals surface area contributed by atoms with Gasteiger partial charge in [0.15, 0.2) is 5.78 Å². The van der Waals surface area contributed by atoms with Crippen LogP contribution < -0.4 is 5.32 Å². The lowest BCUT2D eigenvalue weighted by molar-refractivity contribution is -0.139. The fourth-order valence-corrected chi connectivity index (χ4v) is 6.44. The van der Waals surface area contributed by atoms with Gasteiger partial charge in [-0.2, -0.15) is 0 Å². The van der Waals surface area contributed by atoms with Gasteiger partial charge in [0.05, 0.1) is 10.3 Å². The van der Waals surface area contributed by atoms with E-state index in [1.807, 2.05) is 13.0 Å². The number of rotatable bonds is 5. The summed E-state index contributed by atoms with van der Waals surface area (Å²) in [4.78, 5) is 50.8. The normalized spacial score (nSPS) is 25.9. The Kier molecular flexibility index (Phi) is 6.68. The molecule has 2 aromatic heterocycles. The number of nitrogens with zero attached hydrogens (tertiary/aromatic N) is 3. The number of Topliss-reactive ketones (excluding diaryl/α,β-unsaturated/α-hetero) is 1. The van der Waals surface area contributed by atoms with Gasteiger partial charge in [0.2, 0.25) is 5.91 Å². The zero-order valence-corrected chi connectivity index (χ0v) is 20.5. The van der Waals surface area contributed by atoms with Crippen LogP contribution in [-0.2, 0) is 14.3 Å². The highest BCUT2D eigenvalue weighted by Crippen LogP contribution is 2.34. The number of nitrogens with one attached hydrogen (secondary N) is 1. The molecule has 5 rings (SSSR count). The van der Waals surface area contributed by atoms with Crippen LogP contribution in [0.25, 0.3) is 10.4 Å². The first-order valence-electron chi connectivity index (χ1n) is 11.7. The van der Waals surface area contributed by atoms with Crippen LogP contribution in [0.5, 0.6) is 0 Å². The highest BCUT2D eigenvalue weighted by molar-refractivity contribution is 7.17. The van der Waals surface area contributed by atoms with E-state index in [1.165, 1.54) is 11.3 Å². The van der Waals surface area contributed by atoms with E-state index in [-0.39, 0.29) is 36.7 Å². The number of carbonyl (C=O) groups excluding carboxylic acids is 3. The van der Waals surface area contributed by atoms with Crippen LogP contribution in [0.15, 0.2) is 24.5 Å². The Balaban J connectivity index is 1.36. The average molecular weight is 503 g/mol. The van der Waals surface area contributed by atoms with Crippen molar-refractivity contribution in [1.29, 1.82) is 0 Å². The maximum atomic E-state index is 13.7. The Labute approximate surface area is 207 Å². The molecule has 4 heterocycles. The van der Waals surface area contributed by atoms with Gasteiger partial charge in [-0.15, -0.1) is 22.9 Å². The maximum Gasteiger partial charge on any atom is 0.262 e. The van der Waals surface area contributed by atoms with Crippen molar-refractivity contribution in [2.24, 2.45) is 5.92 Å². The van der Waals surface area contributed by atoms with Gasteiger partial charge in [-0.3, -0.25) is 14.4 Å². The van der Waals surface area contributed by atoms with Crippen LogP contribution in [0.4, 0.5) is 0 Å². The Morgan fingerprint density at radius 3 is 2.68 bits per heavy atom. The lowest BCUT2D eigenvalue weighted by Crippen LogP contribution is -2.55. The minimum Gasteiger partial charge on any atom is -0.366 e. The largest absolute Gasteiger partial charge is 0.366 e. The van der Waals surface area contributed by atoms with Gasteiger partial charge in [0.25, 0.3) is 5.91 Å². The molecule has 1 unspecified atom stereocenters. The van der Waals surface area contributed by atoms with Crippen molar-refractivity contribution in [3.8, 4) is 10.4 Å². The van der Waals surface area contributed by atoms with E-state index in [9.17, 15) is 14.4 Å². The quantitative estimate of drug-likeness (QED) is 0.631. The van der Waals surface area contributed by atoms with E-state index < -0.39 is 23.6 Å². The van der Waals surface area contributed by atoms with Crippen molar-refractivity contribution in [3.05, 3.63) is 35.2 Å². The summed E-state index contributed by atoms with van der Waals surface area (Å²) >= 11 is 7.75. The molecule has 3 fully saturated rings. The molecule has 180 valence electrons.